The molecule has 3 aromatic carbocycles. The summed E-state index contributed by atoms with van der Waals surface area (Å²) in [6.07, 6.45) is 0. The molecule has 106 valence electrons. The molecule has 0 aliphatic heterocycles. The first-order chi connectivity index (χ1) is 10.6. The van der Waals surface area contributed by atoms with Crippen LogP contribution >= 0.6 is 11.6 Å². The minimum atomic E-state index is -0.420. The summed E-state index contributed by atoms with van der Waals surface area (Å²) in [6.45, 7) is 2.00. The lowest BCUT2D eigenvalue weighted by Gasteiger charge is -2.11. The first-order valence-electron chi connectivity index (χ1n) is 6.99. The van der Waals surface area contributed by atoms with E-state index in [0.717, 1.165) is 27.5 Å². The normalized spacial score (nSPS) is 13.2. The molecule has 0 aromatic heterocycles. The fourth-order valence-corrected chi connectivity index (χ4v) is 3.30. The summed E-state index contributed by atoms with van der Waals surface area (Å²) in [4.78, 5) is 24.7. The highest BCUT2D eigenvalue weighted by molar-refractivity contribution is 6.58. The van der Waals surface area contributed by atoms with E-state index in [4.69, 9.17) is 11.6 Å². The molecule has 2 nitrogen and oxygen atoms in total. The van der Waals surface area contributed by atoms with E-state index in [1.54, 1.807) is 18.2 Å². The van der Waals surface area contributed by atoms with E-state index in [1.165, 1.54) is 0 Å². The molecule has 0 bridgehead atoms. The molecule has 4 rings (SSSR count). The number of hydrogen-bond acceptors (Lipinski definition) is 2. The van der Waals surface area contributed by atoms with Gasteiger partial charge in [0, 0.05) is 21.5 Å². The molecule has 0 fully saturated rings. The van der Waals surface area contributed by atoms with Crippen LogP contribution in [0.1, 0.15) is 26.3 Å². The molecule has 0 heterocycles. The average molecular weight is 307 g/mol. The third-order valence-corrected chi connectivity index (χ3v) is 4.45. The Morgan fingerprint density at radius 3 is 2.32 bits per heavy atom. The summed E-state index contributed by atoms with van der Waals surface area (Å²) in [7, 11) is 0. The van der Waals surface area contributed by atoms with Gasteiger partial charge in [-0.2, -0.15) is 0 Å². The molecule has 0 amide bonds. The first-order valence-corrected chi connectivity index (χ1v) is 7.37. The van der Waals surface area contributed by atoms with Gasteiger partial charge in [-0.25, -0.2) is 0 Å². The van der Waals surface area contributed by atoms with Gasteiger partial charge in [-0.05, 0) is 41.1 Å². The topological polar surface area (TPSA) is 34.1 Å². The van der Waals surface area contributed by atoms with Gasteiger partial charge in [0.1, 0.15) is 0 Å². The fourth-order valence-electron chi connectivity index (χ4n) is 3.17. The Kier molecular flexibility index (Phi) is 2.72. The van der Waals surface area contributed by atoms with Gasteiger partial charge in [0.15, 0.2) is 0 Å². The van der Waals surface area contributed by atoms with E-state index in [9.17, 15) is 9.59 Å². The molecule has 22 heavy (non-hydrogen) atoms. The summed E-state index contributed by atoms with van der Waals surface area (Å²) in [6, 6.07) is 14.8. The average Bonchev–Trinajstić information content (AvgIpc) is 2.78. The van der Waals surface area contributed by atoms with Crippen LogP contribution in [0.4, 0.5) is 0 Å². The molecule has 0 spiro atoms. The highest BCUT2D eigenvalue weighted by atomic mass is 35.5. The Labute approximate surface area is 132 Å². The number of Topliss-reactive ketones (excluding diaryl/α,β-unsaturated/α-hetero) is 2. The molecule has 1 aliphatic carbocycles. The second kappa shape index (κ2) is 4.52. The first kappa shape index (κ1) is 13.2. The van der Waals surface area contributed by atoms with Crippen molar-refractivity contribution in [1.29, 1.82) is 0 Å². The Hall–Kier alpha value is -2.45. The van der Waals surface area contributed by atoms with Crippen molar-refractivity contribution >= 4 is 33.9 Å². The zero-order valence-corrected chi connectivity index (χ0v) is 12.6. The molecule has 0 N–H and O–H groups in total. The molecule has 0 unspecified atom stereocenters. The van der Waals surface area contributed by atoms with Gasteiger partial charge in [-0.3, -0.25) is 9.59 Å². The van der Waals surface area contributed by atoms with Crippen LogP contribution in [0.3, 0.4) is 0 Å². The number of carbonyl (C=O) groups excluding carboxylic acids is 2. The van der Waals surface area contributed by atoms with Gasteiger partial charge in [-0.15, -0.1) is 0 Å². The smallest absolute Gasteiger partial charge is 0.234 e. The third kappa shape index (κ3) is 1.68. The Morgan fingerprint density at radius 1 is 0.864 bits per heavy atom. The summed E-state index contributed by atoms with van der Waals surface area (Å²) >= 11 is 5.94. The number of benzene rings is 3. The SMILES string of the molecule is Cc1cc(-c2ccc(Cl)cc2)c2c3c(cccc13)C(=O)C2=O. The molecular weight excluding hydrogens is 296 g/mol. The van der Waals surface area contributed by atoms with Crippen LogP contribution in [0.5, 0.6) is 0 Å². The maximum Gasteiger partial charge on any atom is 0.234 e. The molecule has 1 aliphatic rings. The van der Waals surface area contributed by atoms with Crippen molar-refractivity contribution in [3.8, 4) is 11.1 Å². The van der Waals surface area contributed by atoms with E-state index in [0.29, 0.717) is 16.1 Å². The van der Waals surface area contributed by atoms with Crippen LogP contribution in [0.15, 0.2) is 48.5 Å². The van der Waals surface area contributed by atoms with Crippen molar-refractivity contribution in [1.82, 2.24) is 0 Å². The maximum atomic E-state index is 12.5. The molecule has 3 heteroatoms. The number of ketones is 2. The molecule has 0 saturated carbocycles. The van der Waals surface area contributed by atoms with Gasteiger partial charge in [-0.1, -0.05) is 48.0 Å². The Balaban J connectivity index is 2.15. The molecule has 3 aromatic rings. The number of aryl methyl sites for hydroxylation is 1. The predicted octanol–water partition coefficient (Wildman–Crippen LogP) is 4.85. The molecule has 0 saturated heterocycles. The molecule has 0 atom stereocenters. The number of rotatable bonds is 1. The van der Waals surface area contributed by atoms with Crippen LogP contribution in [-0.4, -0.2) is 11.6 Å². The van der Waals surface area contributed by atoms with Crippen molar-refractivity contribution in [2.75, 3.05) is 0 Å². The van der Waals surface area contributed by atoms with Crippen molar-refractivity contribution in [2.45, 2.75) is 6.92 Å². The minimum Gasteiger partial charge on any atom is -0.285 e. The second-order valence-electron chi connectivity index (χ2n) is 5.51. The summed E-state index contributed by atoms with van der Waals surface area (Å²) in [5.41, 5.74) is 3.76. The summed E-state index contributed by atoms with van der Waals surface area (Å²) in [5, 5.41) is 2.38. The third-order valence-electron chi connectivity index (χ3n) is 4.20. The van der Waals surface area contributed by atoms with Crippen molar-refractivity contribution in [3.05, 3.63) is 70.2 Å². The van der Waals surface area contributed by atoms with E-state index in [2.05, 4.69) is 0 Å². The van der Waals surface area contributed by atoms with E-state index >= 15 is 0 Å². The summed E-state index contributed by atoms with van der Waals surface area (Å²) < 4.78 is 0. The van der Waals surface area contributed by atoms with Crippen molar-refractivity contribution < 1.29 is 9.59 Å². The Morgan fingerprint density at radius 2 is 1.59 bits per heavy atom. The van der Waals surface area contributed by atoms with Gasteiger partial charge in [0.05, 0.1) is 0 Å². The van der Waals surface area contributed by atoms with Gasteiger partial charge < -0.3 is 0 Å². The lowest BCUT2D eigenvalue weighted by Crippen LogP contribution is -2.07. The van der Waals surface area contributed by atoms with E-state index in [-0.39, 0.29) is 0 Å². The second-order valence-corrected chi connectivity index (χ2v) is 5.95. The van der Waals surface area contributed by atoms with Crippen LogP contribution in [0.2, 0.25) is 5.02 Å². The largest absolute Gasteiger partial charge is 0.285 e. The zero-order chi connectivity index (χ0) is 15.4. The quantitative estimate of drug-likeness (QED) is 0.602. The van der Waals surface area contributed by atoms with Crippen molar-refractivity contribution in [2.24, 2.45) is 0 Å². The fraction of sp³-hybridized carbons (Fsp3) is 0.0526. The minimum absolute atomic E-state index is 0.415. The summed E-state index contributed by atoms with van der Waals surface area (Å²) in [5.74, 6) is -0.836. The lowest BCUT2D eigenvalue weighted by atomic mass is 9.92. The van der Waals surface area contributed by atoms with Crippen LogP contribution < -0.4 is 0 Å². The van der Waals surface area contributed by atoms with Crippen LogP contribution in [0, 0.1) is 6.92 Å². The van der Waals surface area contributed by atoms with Gasteiger partial charge >= 0.3 is 0 Å². The maximum absolute atomic E-state index is 12.5. The lowest BCUT2D eigenvalue weighted by molar-refractivity contribution is 0.0825. The van der Waals surface area contributed by atoms with Gasteiger partial charge in [0.25, 0.3) is 0 Å². The van der Waals surface area contributed by atoms with E-state index in [1.807, 2.05) is 37.3 Å². The highest BCUT2D eigenvalue weighted by Gasteiger charge is 2.33. The number of carbonyl (C=O) groups is 2. The number of hydrogen-bond donors (Lipinski definition) is 0. The van der Waals surface area contributed by atoms with Gasteiger partial charge in [0.2, 0.25) is 11.6 Å². The Bertz CT molecular complexity index is 969. The van der Waals surface area contributed by atoms with E-state index < -0.39 is 11.6 Å². The molecular formula is C19H11ClO2. The highest BCUT2D eigenvalue weighted by Crippen LogP contribution is 2.39. The molecule has 0 radical (unpaired) electrons. The zero-order valence-electron chi connectivity index (χ0n) is 11.8. The predicted molar refractivity (Wildman–Crippen MR) is 87.8 cm³/mol. The standard InChI is InChI=1S/C19H11ClO2/c1-10-9-15(11-5-7-12(20)8-6-11)17-16-13(10)3-2-4-14(16)18(21)19(17)22/h2-9H,1H3. The monoisotopic (exact) mass is 306 g/mol. The van der Waals surface area contributed by atoms with Crippen LogP contribution in [0.25, 0.3) is 21.9 Å². The van der Waals surface area contributed by atoms with Crippen molar-refractivity contribution in [3.63, 3.8) is 0 Å². The number of halogens is 1. The van der Waals surface area contributed by atoms with Crippen LogP contribution in [-0.2, 0) is 0 Å².